The quantitative estimate of drug-likeness (QED) is 0.777. The topological polar surface area (TPSA) is 61.0 Å². The second-order valence-electron chi connectivity index (χ2n) is 6.08. The number of rotatable bonds is 6. The van der Waals surface area contributed by atoms with Gasteiger partial charge in [0.2, 0.25) is 6.41 Å². The molecule has 0 aromatic carbocycles. The van der Waals surface area contributed by atoms with E-state index in [9.17, 15) is 4.79 Å². The minimum atomic E-state index is 0.250. The molecule has 0 bridgehead atoms. The summed E-state index contributed by atoms with van der Waals surface area (Å²) in [4.78, 5) is 20.5. The number of carbonyl (C=O) groups excluding carboxylic acids is 1. The predicted molar refractivity (Wildman–Crippen MR) is 77.0 cm³/mol. The van der Waals surface area contributed by atoms with Crippen molar-refractivity contribution in [3.05, 3.63) is 18.2 Å². The molecule has 1 aliphatic carbocycles. The normalized spacial score (nSPS) is 29.1. The molecular formula is C15H24N4O. The first kappa shape index (κ1) is 13.6. The lowest BCUT2D eigenvalue weighted by atomic mass is 9.85. The Kier molecular flexibility index (Phi) is 4.35. The standard InChI is InChI=1S/C15H24N4O/c20-11-19(7-3-5-13-9-16-10-17-13)15-8-12-4-1-2-6-14(12)18-15/h9-12,14-15,18H,1-8H2,(H,16,17)/t12?,14-,15+/m1/s1. The second-order valence-corrected chi connectivity index (χ2v) is 6.08. The molecule has 0 spiro atoms. The molecule has 5 nitrogen and oxygen atoms in total. The van der Waals surface area contributed by atoms with E-state index in [1.807, 2.05) is 11.1 Å². The van der Waals surface area contributed by atoms with Crippen LogP contribution in [0.3, 0.4) is 0 Å². The molecule has 1 aromatic rings. The number of carbonyl (C=O) groups is 1. The van der Waals surface area contributed by atoms with Crippen molar-refractivity contribution >= 4 is 6.41 Å². The monoisotopic (exact) mass is 276 g/mol. The number of fused-ring (bicyclic) bond motifs is 1. The van der Waals surface area contributed by atoms with Crippen molar-refractivity contribution in [2.24, 2.45) is 5.92 Å². The molecule has 5 heteroatoms. The Hall–Kier alpha value is -1.36. The highest BCUT2D eigenvalue weighted by Gasteiger charge is 2.37. The first-order chi connectivity index (χ1) is 9.86. The van der Waals surface area contributed by atoms with Gasteiger partial charge in [0.05, 0.1) is 18.2 Å². The van der Waals surface area contributed by atoms with Gasteiger partial charge in [0.25, 0.3) is 0 Å². The zero-order valence-corrected chi connectivity index (χ0v) is 11.9. The molecule has 2 N–H and O–H groups in total. The van der Waals surface area contributed by atoms with Crippen molar-refractivity contribution in [2.45, 2.75) is 57.2 Å². The molecule has 3 atom stereocenters. The predicted octanol–water partition coefficient (Wildman–Crippen LogP) is 1.68. The van der Waals surface area contributed by atoms with Crippen LogP contribution >= 0.6 is 0 Å². The van der Waals surface area contributed by atoms with Crippen LogP contribution in [0.1, 0.15) is 44.2 Å². The van der Waals surface area contributed by atoms with Gasteiger partial charge in [-0.25, -0.2) is 4.98 Å². The molecule has 1 unspecified atom stereocenters. The first-order valence-electron chi connectivity index (χ1n) is 7.81. The Morgan fingerprint density at radius 3 is 3.05 bits per heavy atom. The van der Waals surface area contributed by atoms with E-state index in [0.29, 0.717) is 6.04 Å². The average Bonchev–Trinajstić information content (AvgIpc) is 3.12. The minimum absolute atomic E-state index is 0.250. The third-order valence-corrected chi connectivity index (χ3v) is 4.78. The van der Waals surface area contributed by atoms with Gasteiger partial charge in [0, 0.05) is 18.8 Å². The van der Waals surface area contributed by atoms with Crippen molar-refractivity contribution in [2.75, 3.05) is 6.54 Å². The van der Waals surface area contributed by atoms with Gasteiger partial charge >= 0.3 is 0 Å². The van der Waals surface area contributed by atoms with Gasteiger partial charge in [-0.1, -0.05) is 12.8 Å². The maximum atomic E-state index is 11.4. The van der Waals surface area contributed by atoms with Crippen LogP contribution < -0.4 is 5.32 Å². The molecule has 1 aromatic heterocycles. The zero-order valence-electron chi connectivity index (χ0n) is 11.9. The maximum absolute atomic E-state index is 11.4. The first-order valence-corrected chi connectivity index (χ1v) is 7.81. The van der Waals surface area contributed by atoms with E-state index in [0.717, 1.165) is 43.8 Å². The Morgan fingerprint density at radius 2 is 2.30 bits per heavy atom. The molecular weight excluding hydrogens is 252 g/mol. The van der Waals surface area contributed by atoms with Crippen molar-refractivity contribution in [3.63, 3.8) is 0 Å². The maximum Gasteiger partial charge on any atom is 0.210 e. The molecule has 1 amide bonds. The lowest BCUT2D eigenvalue weighted by molar-refractivity contribution is -0.120. The van der Waals surface area contributed by atoms with E-state index in [-0.39, 0.29) is 6.17 Å². The highest BCUT2D eigenvalue weighted by atomic mass is 16.1. The Labute approximate surface area is 120 Å². The number of nitrogens with zero attached hydrogens (tertiary/aromatic N) is 2. The number of hydrogen-bond acceptors (Lipinski definition) is 3. The summed E-state index contributed by atoms with van der Waals surface area (Å²) in [5, 5.41) is 3.66. The Balaban J connectivity index is 1.48. The van der Waals surface area contributed by atoms with Gasteiger partial charge < -0.3 is 9.88 Å². The van der Waals surface area contributed by atoms with Crippen LogP contribution in [0.25, 0.3) is 0 Å². The lowest BCUT2D eigenvalue weighted by Gasteiger charge is -2.26. The summed E-state index contributed by atoms with van der Waals surface area (Å²) < 4.78 is 0. The third kappa shape index (κ3) is 3.03. The van der Waals surface area contributed by atoms with E-state index in [1.165, 1.54) is 25.7 Å². The Bertz CT molecular complexity index is 406. The minimum Gasteiger partial charge on any atom is -0.351 e. The average molecular weight is 276 g/mol. The van der Waals surface area contributed by atoms with Crippen LogP contribution in [0.2, 0.25) is 0 Å². The van der Waals surface area contributed by atoms with Crippen LogP contribution in [0.4, 0.5) is 0 Å². The van der Waals surface area contributed by atoms with Crippen LogP contribution in [-0.2, 0) is 11.2 Å². The summed E-state index contributed by atoms with van der Waals surface area (Å²) in [7, 11) is 0. The van der Waals surface area contributed by atoms with Crippen molar-refractivity contribution in [1.82, 2.24) is 20.2 Å². The SMILES string of the molecule is O=CN(CCCc1c[nH]cn1)[C@H]1CC2CCCC[C@H]2N1. The van der Waals surface area contributed by atoms with Crippen molar-refractivity contribution < 1.29 is 4.79 Å². The number of nitrogens with one attached hydrogen (secondary N) is 2. The number of aryl methyl sites for hydroxylation is 1. The van der Waals surface area contributed by atoms with Crippen LogP contribution in [0, 0.1) is 5.92 Å². The molecule has 20 heavy (non-hydrogen) atoms. The van der Waals surface area contributed by atoms with Gasteiger partial charge in [-0.2, -0.15) is 0 Å². The summed E-state index contributed by atoms with van der Waals surface area (Å²) in [5.74, 6) is 0.780. The fourth-order valence-corrected chi connectivity index (χ4v) is 3.69. The largest absolute Gasteiger partial charge is 0.351 e. The second kappa shape index (κ2) is 6.39. The molecule has 2 aliphatic rings. The summed E-state index contributed by atoms with van der Waals surface area (Å²) in [5.41, 5.74) is 1.07. The molecule has 2 heterocycles. The number of amides is 1. The molecule has 1 saturated heterocycles. The smallest absolute Gasteiger partial charge is 0.210 e. The van der Waals surface area contributed by atoms with E-state index >= 15 is 0 Å². The molecule has 110 valence electrons. The molecule has 1 aliphatic heterocycles. The third-order valence-electron chi connectivity index (χ3n) is 4.78. The lowest BCUT2D eigenvalue weighted by Crippen LogP contribution is -2.44. The van der Waals surface area contributed by atoms with Gasteiger partial charge in [0.15, 0.2) is 0 Å². The molecule has 0 radical (unpaired) electrons. The molecule has 1 saturated carbocycles. The number of imidazole rings is 1. The Morgan fingerprint density at radius 1 is 1.40 bits per heavy atom. The number of aromatic nitrogens is 2. The van der Waals surface area contributed by atoms with Crippen molar-refractivity contribution in [3.8, 4) is 0 Å². The number of H-pyrrole nitrogens is 1. The highest BCUT2D eigenvalue weighted by Crippen LogP contribution is 2.33. The summed E-state index contributed by atoms with van der Waals surface area (Å²) in [6.45, 7) is 0.813. The van der Waals surface area contributed by atoms with Gasteiger partial charge in [-0.15, -0.1) is 0 Å². The van der Waals surface area contributed by atoms with E-state index in [4.69, 9.17) is 0 Å². The summed E-state index contributed by atoms with van der Waals surface area (Å²) >= 11 is 0. The number of hydrogen-bond donors (Lipinski definition) is 2. The summed E-state index contributed by atoms with van der Waals surface area (Å²) in [6.07, 6.45) is 13.2. The van der Waals surface area contributed by atoms with Crippen LogP contribution in [-0.4, -0.2) is 40.0 Å². The van der Waals surface area contributed by atoms with E-state index in [1.54, 1.807) is 6.33 Å². The van der Waals surface area contributed by atoms with Crippen molar-refractivity contribution in [1.29, 1.82) is 0 Å². The van der Waals surface area contributed by atoms with Gasteiger partial charge in [0.1, 0.15) is 0 Å². The van der Waals surface area contributed by atoms with Crippen LogP contribution in [0.15, 0.2) is 12.5 Å². The molecule has 2 fully saturated rings. The van der Waals surface area contributed by atoms with Crippen LogP contribution in [0.5, 0.6) is 0 Å². The fraction of sp³-hybridized carbons (Fsp3) is 0.733. The van der Waals surface area contributed by atoms with E-state index < -0.39 is 0 Å². The van der Waals surface area contributed by atoms with Gasteiger partial charge in [-0.3, -0.25) is 10.1 Å². The molecule has 3 rings (SSSR count). The number of aromatic amines is 1. The fourth-order valence-electron chi connectivity index (χ4n) is 3.69. The van der Waals surface area contributed by atoms with Gasteiger partial charge in [-0.05, 0) is 38.0 Å². The highest BCUT2D eigenvalue weighted by molar-refractivity contribution is 5.47. The van der Waals surface area contributed by atoms with E-state index in [2.05, 4.69) is 15.3 Å². The summed E-state index contributed by atoms with van der Waals surface area (Å²) in [6, 6.07) is 0.641. The zero-order chi connectivity index (χ0) is 13.8.